The van der Waals surface area contributed by atoms with E-state index in [0.29, 0.717) is 45.0 Å². The summed E-state index contributed by atoms with van der Waals surface area (Å²) in [6.45, 7) is 10.5. The molecule has 6 rings (SSSR count). The second-order valence-corrected chi connectivity index (χ2v) is 14.1. The van der Waals surface area contributed by atoms with Gasteiger partial charge >= 0.3 is 12.1 Å². The Kier molecular flexibility index (Phi) is 13.5. The van der Waals surface area contributed by atoms with Gasteiger partial charge in [0, 0.05) is 60.1 Å². The van der Waals surface area contributed by atoms with Crippen LogP contribution in [0.15, 0.2) is 97.3 Å². The molecule has 0 atom stereocenters. The van der Waals surface area contributed by atoms with Crippen LogP contribution in [0.3, 0.4) is 0 Å². The van der Waals surface area contributed by atoms with E-state index in [9.17, 15) is 28.8 Å². The van der Waals surface area contributed by atoms with E-state index in [1.54, 1.807) is 60.9 Å². The predicted molar refractivity (Wildman–Crippen MR) is 235 cm³/mol. The number of aromatic amines is 2. The summed E-state index contributed by atoms with van der Waals surface area (Å²) in [5.74, 6) is -1.46. The number of nitrogens with two attached hydrogens (primary N) is 2. The van der Waals surface area contributed by atoms with E-state index in [1.807, 2.05) is 64.1 Å². The number of urea groups is 2. The number of carbonyl (C=O) groups excluding carboxylic acids is 6. The number of rotatable bonds is 10. The number of aryl methyl sites for hydroxylation is 4. The molecule has 60 heavy (non-hydrogen) atoms. The number of amides is 8. The Morgan fingerprint density at radius 1 is 0.433 bits per heavy atom. The van der Waals surface area contributed by atoms with Crippen molar-refractivity contribution in [2.45, 2.75) is 41.5 Å². The average Bonchev–Trinajstić information content (AvgIpc) is 3.75. The minimum absolute atomic E-state index is 0.193. The number of H-pyrrole nitrogens is 2. The topological polar surface area (TPSA) is 258 Å². The van der Waals surface area contributed by atoms with Crippen LogP contribution < -0.4 is 43.4 Å². The van der Waals surface area contributed by atoms with E-state index in [1.165, 1.54) is 13.8 Å². The lowest BCUT2D eigenvalue weighted by Gasteiger charge is -2.10. The summed E-state index contributed by atoms with van der Waals surface area (Å²) in [5.41, 5.74) is 20.7. The Bertz CT molecular complexity index is 2370. The summed E-state index contributed by atoms with van der Waals surface area (Å²) in [5, 5.41) is 16.3. The normalized spacial score (nSPS) is 10.4. The van der Waals surface area contributed by atoms with E-state index in [-0.39, 0.29) is 46.6 Å². The van der Waals surface area contributed by atoms with Gasteiger partial charge in [-0.25, -0.2) is 9.59 Å². The van der Waals surface area contributed by atoms with Gasteiger partial charge in [0.2, 0.25) is 11.8 Å². The molecule has 2 heterocycles. The highest BCUT2D eigenvalue weighted by molar-refractivity contribution is 6.09. The lowest BCUT2D eigenvalue weighted by Crippen LogP contribution is -2.19. The molecule has 4 aromatic carbocycles. The van der Waals surface area contributed by atoms with E-state index in [0.717, 1.165) is 22.3 Å². The van der Waals surface area contributed by atoms with Crippen molar-refractivity contribution < 1.29 is 28.8 Å². The number of benzene rings is 4. The third-order valence-corrected chi connectivity index (χ3v) is 8.72. The Morgan fingerprint density at radius 3 is 1.02 bits per heavy atom. The van der Waals surface area contributed by atoms with Crippen LogP contribution in [0.4, 0.5) is 44.0 Å². The van der Waals surface area contributed by atoms with Crippen molar-refractivity contribution in [1.82, 2.24) is 9.97 Å². The maximum atomic E-state index is 12.3. The number of nitrogens with one attached hydrogen (secondary N) is 8. The van der Waals surface area contributed by atoms with Crippen LogP contribution in [0.1, 0.15) is 56.8 Å². The van der Waals surface area contributed by atoms with E-state index in [4.69, 9.17) is 11.5 Å². The molecule has 0 spiro atoms. The Morgan fingerprint density at radius 2 is 0.733 bits per heavy atom. The van der Waals surface area contributed by atoms with Crippen LogP contribution >= 0.6 is 0 Å². The number of hydrogen-bond donors (Lipinski definition) is 10. The fraction of sp³-hybridized carbons (Fsp3) is 0.136. The van der Waals surface area contributed by atoms with Crippen molar-refractivity contribution in [2.24, 2.45) is 11.5 Å². The quantitative estimate of drug-likeness (QED) is 0.0655. The monoisotopic (exact) mass is 810 g/mol. The molecule has 16 heteroatoms. The van der Waals surface area contributed by atoms with Gasteiger partial charge in [0.05, 0.1) is 11.1 Å². The van der Waals surface area contributed by atoms with Gasteiger partial charge in [-0.3, -0.25) is 19.2 Å². The molecule has 0 radical (unpaired) electrons. The second-order valence-electron chi connectivity index (χ2n) is 14.1. The second kappa shape index (κ2) is 18.9. The molecule has 0 saturated heterocycles. The standard InChI is InChI=1S/2C22H23N5O3/c2*1-12-8-13(2)10-17(9-12)27-22(30)26-16-6-4-15(5-7-16)18-11-24-21(25-14(3)28)19(18)20(23)29/h2*4-11,24H,1-3H3,(H2,23,29)(H,25,28)(H2,26,27,30). The Hall–Kier alpha value is -8.14. The van der Waals surface area contributed by atoms with E-state index < -0.39 is 11.8 Å². The van der Waals surface area contributed by atoms with Gasteiger partial charge in [-0.15, -0.1) is 0 Å². The highest BCUT2D eigenvalue weighted by Gasteiger charge is 2.20. The highest BCUT2D eigenvalue weighted by Crippen LogP contribution is 2.31. The maximum Gasteiger partial charge on any atom is 0.323 e. The fourth-order valence-corrected chi connectivity index (χ4v) is 6.51. The molecule has 0 saturated carbocycles. The third-order valence-electron chi connectivity index (χ3n) is 8.72. The summed E-state index contributed by atoms with van der Waals surface area (Å²) in [6.07, 6.45) is 3.20. The average molecular weight is 811 g/mol. The summed E-state index contributed by atoms with van der Waals surface area (Å²) in [4.78, 5) is 76.7. The molecule has 0 aliphatic rings. The Labute approximate surface area is 345 Å². The highest BCUT2D eigenvalue weighted by atomic mass is 16.2. The molecule has 0 unspecified atom stereocenters. The predicted octanol–water partition coefficient (Wildman–Crippen LogP) is 8.00. The summed E-state index contributed by atoms with van der Waals surface area (Å²) < 4.78 is 0. The first-order chi connectivity index (χ1) is 28.4. The number of hydrogen-bond acceptors (Lipinski definition) is 6. The van der Waals surface area contributed by atoms with Crippen molar-refractivity contribution in [3.8, 4) is 22.3 Å². The maximum absolute atomic E-state index is 12.3. The molecular formula is C44H46N10O6. The number of anilines is 6. The van der Waals surface area contributed by atoms with Gasteiger partial charge in [-0.05, 0) is 110 Å². The van der Waals surface area contributed by atoms with Gasteiger partial charge in [-0.1, -0.05) is 36.4 Å². The molecule has 8 amide bonds. The lowest BCUT2D eigenvalue weighted by atomic mass is 10.0. The zero-order chi connectivity index (χ0) is 43.7. The SMILES string of the molecule is CC(=O)Nc1[nH]cc(-c2ccc(NC(=O)Nc3cc(C)cc(C)c3)cc2)c1C(N)=O.CC(=O)Nc1[nH]cc(-c2ccc(NC(=O)Nc3cc(C)cc(C)c3)cc2)c1C(N)=O. The Balaban J connectivity index is 0.000000228. The number of primary amides is 2. The molecule has 308 valence electrons. The van der Waals surface area contributed by atoms with Crippen molar-refractivity contribution in [1.29, 1.82) is 0 Å². The molecule has 16 nitrogen and oxygen atoms in total. The first-order valence-corrected chi connectivity index (χ1v) is 18.6. The van der Waals surface area contributed by atoms with Crippen molar-refractivity contribution >= 4 is 70.1 Å². The molecule has 2 aromatic heterocycles. The fourth-order valence-electron chi connectivity index (χ4n) is 6.51. The van der Waals surface area contributed by atoms with Gasteiger partial charge in [-0.2, -0.15) is 0 Å². The van der Waals surface area contributed by atoms with Crippen molar-refractivity contribution in [3.63, 3.8) is 0 Å². The van der Waals surface area contributed by atoms with Crippen LogP contribution in [0, 0.1) is 27.7 Å². The third kappa shape index (κ3) is 11.5. The molecule has 0 aliphatic heterocycles. The largest absolute Gasteiger partial charge is 0.365 e. The number of aromatic nitrogens is 2. The molecule has 0 aliphatic carbocycles. The van der Waals surface area contributed by atoms with Crippen LogP contribution in [0.25, 0.3) is 22.3 Å². The number of carbonyl (C=O) groups is 6. The zero-order valence-electron chi connectivity index (χ0n) is 33.8. The first kappa shape index (κ1) is 43.0. The van der Waals surface area contributed by atoms with E-state index in [2.05, 4.69) is 41.9 Å². The van der Waals surface area contributed by atoms with Crippen LogP contribution in [0.2, 0.25) is 0 Å². The molecule has 0 fully saturated rings. The summed E-state index contributed by atoms with van der Waals surface area (Å²) in [6, 6.07) is 24.7. The minimum atomic E-state index is -0.662. The van der Waals surface area contributed by atoms with Crippen LogP contribution in [-0.4, -0.2) is 45.7 Å². The smallest absolute Gasteiger partial charge is 0.323 e. The molecule has 0 bridgehead atoms. The zero-order valence-corrected chi connectivity index (χ0v) is 33.8. The van der Waals surface area contributed by atoms with Gasteiger partial charge in [0.25, 0.3) is 11.8 Å². The molecule has 6 aromatic rings. The summed E-state index contributed by atoms with van der Waals surface area (Å²) in [7, 11) is 0. The van der Waals surface area contributed by atoms with E-state index >= 15 is 0 Å². The minimum Gasteiger partial charge on any atom is -0.365 e. The van der Waals surface area contributed by atoms with Crippen molar-refractivity contribution in [3.05, 3.63) is 131 Å². The molecule has 12 N–H and O–H groups in total. The van der Waals surface area contributed by atoms with Gasteiger partial charge in [0.1, 0.15) is 11.6 Å². The van der Waals surface area contributed by atoms with Crippen LogP contribution in [0.5, 0.6) is 0 Å². The molecular weight excluding hydrogens is 765 g/mol. The first-order valence-electron chi connectivity index (χ1n) is 18.6. The van der Waals surface area contributed by atoms with Crippen molar-refractivity contribution in [2.75, 3.05) is 31.9 Å². The summed E-state index contributed by atoms with van der Waals surface area (Å²) >= 11 is 0. The van der Waals surface area contributed by atoms with Gasteiger partial charge < -0.3 is 53.3 Å². The van der Waals surface area contributed by atoms with Gasteiger partial charge in [0.15, 0.2) is 0 Å². The van der Waals surface area contributed by atoms with Crippen LogP contribution in [-0.2, 0) is 9.59 Å². The lowest BCUT2D eigenvalue weighted by molar-refractivity contribution is -0.115.